The quantitative estimate of drug-likeness (QED) is 0.557. The smallest absolute Gasteiger partial charge is 0.240 e. The molecule has 0 saturated heterocycles. The number of hydrogen-bond acceptors (Lipinski definition) is 3. The molecular formula is C10H10ClNO2. The van der Waals surface area contributed by atoms with Crippen molar-refractivity contribution in [2.45, 2.75) is 13.8 Å². The van der Waals surface area contributed by atoms with Crippen LogP contribution in [0.4, 0.5) is 5.69 Å². The highest BCUT2D eigenvalue weighted by Crippen LogP contribution is 2.38. The molecule has 1 aromatic rings. The van der Waals surface area contributed by atoms with E-state index in [9.17, 15) is 4.79 Å². The van der Waals surface area contributed by atoms with E-state index >= 15 is 0 Å². The van der Waals surface area contributed by atoms with Crippen molar-refractivity contribution in [2.24, 2.45) is 4.99 Å². The maximum atomic E-state index is 10.2. The van der Waals surface area contributed by atoms with Gasteiger partial charge in [-0.05, 0) is 25.5 Å². The summed E-state index contributed by atoms with van der Waals surface area (Å²) >= 11 is 5.95. The molecule has 1 rings (SSSR count). The first-order chi connectivity index (χ1) is 6.61. The Morgan fingerprint density at radius 2 is 2.14 bits per heavy atom. The number of nitrogens with zero attached hydrogens (tertiary/aromatic N) is 1. The average molecular weight is 212 g/mol. The highest BCUT2D eigenvalue weighted by Gasteiger charge is 2.12. The van der Waals surface area contributed by atoms with Gasteiger partial charge in [0.15, 0.2) is 0 Å². The van der Waals surface area contributed by atoms with Crippen molar-refractivity contribution in [3.63, 3.8) is 0 Å². The van der Waals surface area contributed by atoms with E-state index < -0.39 is 0 Å². The maximum absolute atomic E-state index is 10.2. The monoisotopic (exact) mass is 211 g/mol. The minimum Gasteiger partial charge on any atom is -0.494 e. The molecule has 0 spiro atoms. The molecule has 0 amide bonds. The van der Waals surface area contributed by atoms with Gasteiger partial charge in [-0.25, -0.2) is 4.79 Å². The standard InChI is InChI=1S/C10H10ClNO2/c1-6-4-8(11)7(2)10(14-3)9(6)12-5-13/h4H,1-3H3. The van der Waals surface area contributed by atoms with Gasteiger partial charge in [0, 0.05) is 10.6 Å². The van der Waals surface area contributed by atoms with Crippen molar-refractivity contribution < 1.29 is 9.53 Å². The van der Waals surface area contributed by atoms with Crippen molar-refractivity contribution in [1.29, 1.82) is 0 Å². The van der Waals surface area contributed by atoms with E-state index in [1.807, 2.05) is 13.8 Å². The summed E-state index contributed by atoms with van der Waals surface area (Å²) in [6, 6.07) is 1.75. The lowest BCUT2D eigenvalue weighted by Gasteiger charge is -2.10. The lowest BCUT2D eigenvalue weighted by atomic mass is 10.1. The highest BCUT2D eigenvalue weighted by molar-refractivity contribution is 6.31. The molecule has 0 aromatic heterocycles. The first-order valence-electron chi connectivity index (χ1n) is 4.03. The molecule has 0 aliphatic heterocycles. The van der Waals surface area contributed by atoms with Gasteiger partial charge in [-0.15, -0.1) is 0 Å². The number of hydrogen-bond donors (Lipinski definition) is 0. The molecule has 0 radical (unpaired) electrons. The Bertz CT molecular complexity index is 409. The Balaban J connectivity index is 3.54. The zero-order chi connectivity index (χ0) is 10.7. The molecular weight excluding hydrogens is 202 g/mol. The number of methoxy groups -OCH3 is 1. The molecule has 4 heteroatoms. The second kappa shape index (κ2) is 4.27. The third-order valence-corrected chi connectivity index (χ3v) is 2.38. The lowest BCUT2D eigenvalue weighted by Crippen LogP contribution is -1.91. The molecule has 14 heavy (non-hydrogen) atoms. The second-order valence-corrected chi connectivity index (χ2v) is 3.29. The summed E-state index contributed by atoms with van der Waals surface area (Å²) < 4.78 is 5.13. The largest absolute Gasteiger partial charge is 0.494 e. The Kier molecular flexibility index (Phi) is 3.28. The van der Waals surface area contributed by atoms with E-state index in [1.54, 1.807) is 6.07 Å². The van der Waals surface area contributed by atoms with Gasteiger partial charge in [0.25, 0.3) is 0 Å². The summed E-state index contributed by atoms with van der Waals surface area (Å²) in [4.78, 5) is 13.8. The van der Waals surface area contributed by atoms with E-state index in [0.717, 1.165) is 11.1 Å². The molecule has 1 aromatic carbocycles. The van der Waals surface area contributed by atoms with Crippen LogP contribution in [0.1, 0.15) is 11.1 Å². The van der Waals surface area contributed by atoms with Gasteiger partial charge in [-0.3, -0.25) is 0 Å². The van der Waals surface area contributed by atoms with Crippen LogP contribution >= 0.6 is 11.6 Å². The van der Waals surface area contributed by atoms with Gasteiger partial charge in [-0.2, -0.15) is 4.99 Å². The first kappa shape index (κ1) is 10.8. The van der Waals surface area contributed by atoms with Crippen LogP contribution in [0.15, 0.2) is 11.1 Å². The van der Waals surface area contributed by atoms with Crippen LogP contribution in [-0.4, -0.2) is 13.2 Å². The van der Waals surface area contributed by atoms with E-state index in [1.165, 1.54) is 13.2 Å². The highest BCUT2D eigenvalue weighted by atomic mass is 35.5. The van der Waals surface area contributed by atoms with Crippen LogP contribution < -0.4 is 4.74 Å². The Morgan fingerprint density at radius 3 is 2.64 bits per heavy atom. The number of rotatable bonds is 2. The summed E-state index contributed by atoms with van der Waals surface area (Å²) in [5, 5.41) is 0.601. The van der Waals surface area contributed by atoms with Crippen LogP contribution in [0.2, 0.25) is 5.02 Å². The predicted octanol–water partition coefficient (Wildman–Crippen LogP) is 2.93. The fourth-order valence-electron chi connectivity index (χ4n) is 1.27. The molecule has 0 N–H and O–H groups in total. The number of halogens is 1. The minimum atomic E-state index is 0.490. The number of carbonyl (C=O) groups excluding carboxylic acids is 1. The molecule has 0 atom stereocenters. The van der Waals surface area contributed by atoms with Gasteiger partial charge in [0.05, 0.1) is 7.11 Å². The Labute approximate surface area is 87.4 Å². The van der Waals surface area contributed by atoms with Crippen LogP contribution in [-0.2, 0) is 4.79 Å². The van der Waals surface area contributed by atoms with Crippen LogP contribution in [0.25, 0.3) is 0 Å². The molecule has 74 valence electrons. The van der Waals surface area contributed by atoms with Crippen LogP contribution in [0, 0.1) is 13.8 Å². The number of aryl methyl sites for hydroxylation is 1. The Morgan fingerprint density at radius 1 is 1.50 bits per heavy atom. The average Bonchev–Trinajstić information content (AvgIpc) is 2.15. The third kappa shape index (κ3) is 1.79. The zero-order valence-electron chi connectivity index (χ0n) is 8.22. The van der Waals surface area contributed by atoms with Gasteiger partial charge < -0.3 is 4.74 Å². The van der Waals surface area contributed by atoms with Gasteiger partial charge >= 0.3 is 0 Å². The molecule has 0 fully saturated rings. The molecule has 3 nitrogen and oxygen atoms in total. The molecule has 0 aliphatic carbocycles. The number of aliphatic imine (C=N–C) groups is 1. The van der Waals surface area contributed by atoms with E-state index in [-0.39, 0.29) is 0 Å². The maximum Gasteiger partial charge on any atom is 0.240 e. The second-order valence-electron chi connectivity index (χ2n) is 2.89. The molecule has 0 heterocycles. The SMILES string of the molecule is COc1c(C)c(Cl)cc(C)c1N=C=O. The van der Waals surface area contributed by atoms with E-state index in [0.29, 0.717) is 16.5 Å². The van der Waals surface area contributed by atoms with E-state index in [2.05, 4.69) is 4.99 Å². The summed E-state index contributed by atoms with van der Waals surface area (Å²) in [5.41, 5.74) is 2.05. The van der Waals surface area contributed by atoms with Crippen molar-refractivity contribution in [3.8, 4) is 5.75 Å². The number of isocyanates is 1. The summed E-state index contributed by atoms with van der Waals surface area (Å²) in [6.07, 6.45) is 1.50. The van der Waals surface area contributed by atoms with Gasteiger partial charge in [0.2, 0.25) is 6.08 Å². The van der Waals surface area contributed by atoms with Crippen LogP contribution in [0.3, 0.4) is 0 Å². The van der Waals surface area contributed by atoms with Crippen molar-refractivity contribution >= 4 is 23.4 Å². The predicted molar refractivity (Wildman–Crippen MR) is 55.3 cm³/mol. The zero-order valence-corrected chi connectivity index (χ0v) is 8.97. The minimum absolute atomic E-state index is 0.490. The van der Waals surface area contributed by atoms with Crippen molar-refractivity contribution in [1.82, 2.24) is 0 Å². The summed E-state index contributed by atoms with van der Waals surface area (Å²) in [5.74, 6) is 0.526. The number of benzene rings is 1. The van der Waals surface area contributed by atoms with Gasteiger partial charge in [0.1, 0.15) is 11.4 Å². The molecule has 0 saturated carbocycles. The summed E-state index contributed by atoms with van der Waals surface area (Å²) in [7, 11) is 1.52. The normalized spacial score (nSPS) is 9.43. The third-order valence-electron chi connectivity index (χ3n) is 1.99. The van der Waals surface area contributed by atoms with Gasteiger partial charge in [-0.1, -0.05) is 11.6 Å². The van der Waals surface area contributed by atoms with Crippen molar-refractivity contribution in [3.05, 3.63) is 22.2 Å². The number of ether oxygens (including phenoxy) is 1. The molecule has 0 bridgehead atoms. The fourth-order valence-corrected chi connectivity index (χ4v) is 1.52. The molecule has 0 unspecified atom stereocenters. The fraction of sp³-hybridized carbons (Fsp3) is 0.300. The van der Waals surface area contributed by atoms with E-state index in [4.69, 9.17) is 16.3 Å². The summed E-state index contributed by atoms with van der Waals surface area (Å²) in [6.45, 7) is 3.62. The van der Waals surface area contributed by atoms with Crippen molar-refractivity contribution in [2.75, 3.05) is 7.11 Å². The molecule has 0 aliphatic rings. The van der Waals surface area contributed by atoms with Crippen LogP contribution in [0.5, 0.6) is 5.75 Å². The first-order valence-corrected chi connectivity index (χ1v) is 4.41. The lowest BCUT2D eigenvalue weighted by molar-refractivity contribution is 0.413. The topological polar surface area (TPSA) is 38.7 Å². The Hall–Kier alpha value is -1.31.